The molecule has 1 amide bonds. The molecular weight excluding hydrogens is 372 g/mol. The van der Waals surface area contributed by atoms with Crippen molar-refractivity contribution in [1.29, 1.82) is 0 Å². The van der Waals surface area contributed by atoms with E-state index >= 15 is 0 Å². The topological polar surface area (TPSA) is 122 Å². The average molecular weight is 396 g/mol. The molecule has 4 atom stereocenters. The van der Waals surface area contributed by atoms with Gasteiger partial charge in [-0.15, -0.1) is 0 Å². The molecule has 1 aromatic carbocycles. The number of nitrogens with one attached hydrogen (secondary N) is 2. The number of carbonyl (C=O) groups is 2. The van der Waals surface area contributed by atoms with E-state index in [9.17, 15) is 23.1 Å². The molecule has 3 N–H and O–H groups in total. The van der Waals surface area contributed by atoms with Gasteiger partial charge in [-0.25, -0.2) is 13.1 Å². The lowest BCUT2D eigenvalue weighted by atomic mass is 9.78. The number of amides is 1. The first-order chi connectivity index (χ1) is 12.5. The van der Waals surface area contributed by atoms with Crippen LogP contribution in [0.15, 0.2) is 29.2 Å². The Morgan fingerprint density at radius 1 is 1.07 bits per heavy atom. The lowest BCUT2D eigenvalue weighted by Crippen LogP contribution is -2.41. The number of hydrogen-bond acceptors (Lipinski definition) is 5. The van der Waals surface area contributed by atoms with Crippen molar-refractivity contribution in [3.05, 3.63) is 24.3 Å². The third-order valence-electron chi connectivity index (χ3n) is 4.73. The summed E-state index contributed by atoms with van der Waals surface area (Å²) in [5.41, 5.74) is -0.207. The second-order valence-corrected chi connectivity index (χ2v) is 9.73. The van der Waals surface area contributed by atoms with Gasteiger partial charge in [0.15, 0.2) is 0 Å². The molecule has 8 nitrogen and oxygen atoms in total. The maximum Gasteiger partial charge on any atom is 0.310 e. The number of benzene rings is 1. The van der Waals surface area contributed by atoms with Crippen LogP contribution in [-0.2, 0) is 24.3 Å². The number of carboxylic acid groups (broad SMARTS) is 1. The molecule has 2 aliphatic rings. The molecule has 2 saturated heterocycles. The summed E-state index contributed by atoms with van der Waals surface area (Å²) >= 11 is 0. The molecule has 2 aliphatic heterocycles. The molecular formula is C18H24N2O6S. The summed E-state index contributed by atoms with van der Waals surface area (Å²) in [7, 11) is -3.67. The van der Waals surface area contributed by atoms with E-state index in [4.69, 9.17) is 4.74 Å². The van der Waals surface area contributed by atoms with Gasteiger partial charge in [0.25, 0.3) is 0 Å². The first-order valence-electron chi connectivity index (χ1n) is 8.81. The zero-order valence-electron chi connectivity index (χ0n) is 15.4. The van der Waals surface area contributed by atoms with Crippen molar-refractivity contribution in [1.82, 2.24) is 4.72 Å². The van der Waals surface area contributed by atoms with Crippen molar-refractivity contribution in [3.63, 3.8) is 0 Å². The van der Waals surface area contributed by atoms with Crippen LogP contribution in [0, 0.1) is 11.8 Å². The van der Waals surface area contributed by atoms with Gasteiger partial charge in [-0.3, -0.25) is 9.59 Å². The summed E-state index contributed by atoms with van der Waals surface area (Å²) in [6.07, 6.45) is 0.520. The first kappa shape index (κ1) is 19.8. The highest BCUT2D eigenvalue weighted by molar-refractivity contribution is 7.89. The molecule has 0 saturated carbocycles. The smallest absolute Gasteiger partial charge is 0.310 e. The fourth-order valence-electron chi connectivity index (χ4n) is 3.73. The predicted molar refractivity (Wildman–Crippen MR) is 97.7 cm³/mol. The number of sulfonamides is 1. The summed E-state index contributed by atoms with van der Waals surface area (Å²) in [6, 6.07) is 5.77. The quantitative estimate of drug-likeness (QED) is 0.695. The van der Waals surface area contributed by atoms with Crippen LogP contribution < -0.4 is 10.0 Å². The minimum absolute atomic E-state index is 0.0853. The number of carboxylic acids is 1. The number of carbonyl (C=O) groups excluding carboxylic acids is 1. The van der Waals surface area contributed by atoms with Gasteiger partial charge in [0.05, 0.1) is 28.9 Å². The van der Waals surface area contributed by atoms with Crippen LogP contribution in [0.25, 0.3) is 0 Å². The molecule has 0 unspecified atom stereocenters. The van der Waals surface area contributed by atoms with Crippen LogP contribution in [-0.4, -0.2) is 43.1 Å². The van der Waals surface area contributed by atoms with Crippen LogP contribution in [0.1, 0.15) is 33.6 Å². The van der Waals surface area contributed by atoms with E-state index in [1.54, 1.807) is 20.8 Å². The van der Waals surface area contributed by atoms with Gasteiger partial charge in [-0.2, -0.15) is 0 Å². The largest absolute Gasteiger partial charge is 0.481 e. The van der Waals surface area contributed by atoms with E-state index in [2.05, 4.69) is 10.0 Å². The zero-order chi connectivity index (χ0) is 20.0. The molecule has 3 rings (SSSR count). The molecule has 0 aromatic heterocycles. The second-order valence-electron chi connectivity index (χ2n) is 8.05. The Balaban J connectivity index is 1.72. The van der Waals surface area contributed by atoms with Crippen LogP contribution >= 0.6 is 0 Å². The summed E-state index contributed by atoms with van der Waals surface area (Å²) < 4.78 is 32.8. The third-order valence-corrected chi connectivity index (χ3v) is 6.51. The molecule has 148 valence electrons. The normalized spacial score (nSPS) is 27.5. The summed E-state index contributed by atoms with van der Waals surface area (Å²) in [5.74, 6) is -3.04. The maximum atomic E-state index is 12.6. The van der Waals surface area contributed by atoms with E-state index in [0.717, 1.165) is 0 Å². The first-order valence-corrected chi connectivity index (χ1v) is 10.3. The zero-order valence-corrected chi connectivity index (χ0v) is 16.2. The lowest BCUT2D eigenvalue weighted by Gasteiger charge is -2.24. The summed E-state index contributed by atoms with van der Waals surface area (Å²) in [6.45, 7) is 5.24. The fraction of sp³-hybridized carbons (Fsp3) is 0.556. The average Bonchev–Trinajstić information content (AvgIpc) is 3.14. The van der Waals surface area contributed by atoms with Crippen LogP contribution in [0.2, 0.25) is 0 Å². The molecule has 27 heavy (non-hydrogen) atoms. The van der Waals surface area contributed by atoms with Crippen LogP contribution in [0.5, 0.6) is 0 Å². The predicted octanol–water partition coefficient (Wildman–Crippen LogP) is 1.58. The Bertz CT molecular complexity index is 844. The highest BCUT2D eigenvalue weighted by Gasteiger charge is 2.55. The minimum atomic E-state index is -3.67. The van der Waals surface area contributed by atoms with Gasteiger partial charge in [-0.05, 0) is 57.9 Å². The standard InChI is InChI=1S/C18H24N2O6S/c1-18(2,3)20-27(24,25)11-6-4-10(5-7-11)19-16(21)14-12-8-9-13(26-12)15(14)17(22)23/h4-7,12-15,20H,8-9H2,1-3H3,(H,19,21)(H,22,23)/t12-,13-,14+,15+/m1/s1. The van der Waals surface area contributed by atoms with E-state index in [1.165, 1.54) is 24.3 Å². The monoisotopic (exact) mass is 396 g/mol. The van der Waals surface area contributed by atoms with Gasteiger partial charge in [0, 0.05) is 11.2 Å². The summed E-state index contributed by atoms with van der Waals surface area (Å²) in [4.78, 5) is 24.2. The van der Waals surface area contributed by atoms with Gasteiger partial charge in [0.2, 0.25) is 15.9 Å². The molecule has 0 aliphatic carbocycles. The Labute approximate surface area is 158 Å². The molecule has 9 heteroatoms. The van der Waals surface area contributed by atoms with Crippen molar-refractivity contribution in [3.8, 4) is 0 Å². The Kier molecular flexibility index (Phi) is 5.04. The highest BCUT2D eigenvalue weighted by Crippen LogP contribution is 2.44. The number of ether oxygens (including phenoxy) is 1. The molecule has 2 fully saturated rings. The van der Waals surface area contributed by atoms with Crippen molar-refractivity contribution in [2.24, 2.45) is 11.8 Å². The van der Waals surface area contributed by atoms with E-state index in [0.29, 0.717) is 18.5 Å². The van der Waals surface area contributed by atoms with Crippen molar-refractivity contribution < 1.29 is 27.9 Å². The van der Waals surface area contributed by atoms with Crippen LogP contribution in [0.3, 0.4) is 0 Å². The van der Waals surface area contributed by atoms with Gasteiger partial charge in [-0.1, -0.05) is 0 Å². The molecule has 0 spiro atoms. The number of aliphatic carboxylic acids is 1. The lowest BCUT2D eigenvalue weighted by molar-refractivity contribution is -0.147. The third kappa shape index (κ3) is 4.15. The Morgan fingerprint density at radius 2 is 1.63 bits per heavy atom. The minimum Gasteiger partial charge on any atom is -0.481 e. The number of fused-ring (bicyclic) bond motifs is 2. The molecule has 1 aromatic rings. The number of hydrogen-bond donors (Lipinski definition) is 3. The number of anilines is 1. The van der Waals surface area contributed by atoms with E-state index in [1.807, 2.05) is 0 Å². The molecule has 0 radical (unpaired) electrons. The Hall–Kier alpha value is -1.97. The fourth-order valence-corrected chi connectivity index (χ4v) is 5.15. The summed E-state index contributed by atoms with van der Waals surface area (Å²) in [5, 5.41) is 12.1. The second kappa shape index (κ2) is 6.88. The van der Waals surface area contributed by atoms with Gasteiger partial charge in [0.1, 0.15) is 0 Å². The van der Waals surface area contributed by atoms with Gasteiger partial charge >= 0.3 is 5.97 Å². The Morgan fingerprint density at radius 3 is 2.15 bits per heavy atom. The van der Waals surface area contributed by atoms with Crippen LogP contribution in [0.4, 0.5) is 5.69 Å². The van der Waals surface area contributed by atoms with Crippen molar-refractivity contribution in [2.75, 3.05) is 5.32 Å². The van der Waals surface area contributed by atoms with Crippen molar-refractivity contribution >= 4 is 27.6 Å². The SMILES string of the molecule is CC(C)(C)NS(=O)(=O)c1ccc(NC(=O)[C@@H]2[C@@H](C(=O)O)[C@H]3CC[C@H]2O3)cc1. The molecule has 2 bridgehead atoms. The maximum absolute atomic E-state index is 12.6. The molecule has 2 heterocycles. The highest BCUT2D eigenvalue weighted by atomic mass is 32.2. The van der Waals surface area contributed by atoms with Crippen molar-refractivity contribution in [2.45, 2.75) is 56.3 Å². The van der Waals surface area contributed by atoms with Gasteiger partial charge < -0.3 is 15.2 Å². The van der Waals surface area contributed by atoms with E-state index in [-0.39, 0.29) is 11.0 Å². The van der Waals surface area contributed by atoms with E-state index < -0.39 is 45.4 Å². The number of rotatable bonds is 5.